The Balaban J connectivity index is 2.10. The van der Waals surface area contributed by atoms with E-state index in [1.807, 2.05) is 24.3 Å². The quantitative estimate of drug-likeness (QED) is 0.757. The summed E-state index contributed by atoms with van der Waals surface area (Å²) in [6.07, 6.45) is 0.421. The Morgan fingerprint density at radius 2 is 1.88 bits per heavy atom. The summed E-state index contributed by atoms with van der Waals surface area (Å²) >= 11 is 10.5. The first-order valence-corrected chi connectivity index (χ1v) is 6.67. The normalized spacial score (nSPS) is 10.4. The van der Waals surface area contributed by atoms with E-state index in [2.05, 4.69) is 15.9 Å². The summed E-state index contributed by atoms with van der Waals surface area (Å²) in [6, 6.07) is 11.3. The summed E-state index contributed by atoms with van der Waals surface area (Å²) in [7, 11) is 0. The molecule has 1 heterocycles. The molecule has 0 spiro atoms. The molecule has 2 rings (SSSR count). The molecule has 0 aliphatic rings. The summed E-state index contributed by atoms with van der Waals surface area (Å²) in [5, 5.41) is 0. The summed E-state index contributed by atoms with van der Waals surface area (Å²) in [5.74, 6) is 0.110. The molecule has 1 nitrogen and oxygen atoms in total. The molecule has 2 aromatic rings. The smallest absolute Gasteiger partial charge is 0.177 e. The Labute approximate surface area is 111 Å². The highest BCUT2D eigenvalue weighted by Gasteiger charge is 2.09. The molecule has 0 atom stereocenters. The first-order chi connectivity index (χ1) is 7.65. The number of halogens is 2. The molecule has 1 aromatic heterocycles. The molecule has 0 unspecified atom stereocenters. The van der Waals surface area contributed by atoms with Gasteiger partial charge >= 0.3 is 0 Å². The lowest BCUT2D eigenvalue weighted by atomic mass is 10.1. The average molecular weight is 316 g/mol. The van der Waals surface area contributed by atoms with Crippen molar-refractivity contribution in [1.82, 2.24) is 0 Å². The van der Waals surface area contributed by atoms with Gasteiger partial charge in [-0.05, 0) is 29.8 Å². The van der Waals surface area contributed by atoms with Gasteiger partial charge in [0.2, 0.25) is 0 Å². The highest BCUT2D eigenvalue weighted by molar-refractivity contribution is 9.10. The van der Waals surface area contributed by atoms with Gasteiger partial charge in [-0.2, -0.15) is 0 Å². The minimum absolute atomic E-state index is 0.110. The average Bonchev–Trinajstić information content (AvgIpc) is 2.68. The standard InChI is InChI=1S/C12H8BrClOS/c13-9-3-1-8(2-4-9)7-10(15)11-5-6-12(14)16-11/h1-6H,7H2. The molecule has 82 valence electrons. The SMILES string of the molecule is O=C(Cc1ccc(Br)cc1)c1ccc(Cl)s1. The summed E-state index contributed by atoms with van der Waals surface area (Å²) < 4.78 is 1.67. The number of hydrogen-bond acceptors (Lipinski definition) is 2. The fraction of sp³-hybridized carbons (Fsp3) is 0.0833. The number of hydrogen-bond donors (Lipinski definition) is 0. The van der Waals surface area contributed by atoms with E-state index in [-0.39, 0.29) is 5.78 Å². The van der Waals surface area contributed by atoms with Crippen molar-refractivity contribution in [2.75, 3.05) is 0 Å². The number of Topliss-reactive ketones (excluding diaryl/α,β-unsaturated/α-hetero) is 1. The predicted octanol–water partition coefficient (Wildman–Crippen LogP) is 4.59. The molecule has 0 aliphatic carbocycles. The summed E-state index contributed by atoms with van der Waals surface area (Å²) in [4.78, 5) is 12.6. The van der Waals surface area contributed by atoms with Gasteiger partial charge in [-0.3, -0.25) is 4.79 Å². The van der Waals surface area contributed by atoms with Crippen LogP contribution in [0.4, 0.5) is 0 Å². The first kappa shape index (κ1) is 11.8. The summed E-state index contributed by atoms with van der Waals surface area (Å²) in [6.45, 7) is 0. The molecule has 0 fully saturated rings. The molecule has 1 aromatic carbocycles. The third-order valence-corrected chi connectivity index (χ3v) is 3.93. The fourth-order valence-corrected chi connectivity index (χ4v) is 2.58. The van der Waals surface area contributed by atoms with Gasteiger partial charge in [-0.15, -0.1) is 11.3 Å². The zero-order valence-electron chi connectivity index (χ0n) is 8.24. The van der Waals surface area contributed by atoms with Crippen LogP contribution in [0.15, 0.2) is 40.9 Å². The minimum atomic E-state index is 0.110. The van der Waals surface area contributed by atoms with Crippen molar-refractivity contribution in [3.05, 3.63) is 55.6 Å². The van der Waals surface area contributed by atoms with E-state index < -0.39 is 0 Å². The Morgan fingerprint density at radius 3 is 2.44 bits per heavy atom. The Hall–Kier alpha value is -0.640. The molecule has 0 N–H and O–H groups in total. The van der Waals surface area contributed by atoms with Crippen LogP contribution in [0.2, 0.25) is 4.34 Å². The van der Waals surface area contributed by atoms with E-state index in [9.17, 15) is 4.79 Å². The maximum absolute atomic E-state index is 11.9. The van der Waals surface area contributed by atoms with E-state index >= 15 is 0 Å². The monoisotopic (exact) mass is 314 g/mol. The highest BCUT2D eigenvalue weighted by Crippen LogP contribution is 2.23. The number of benzene rings is 1. The van der Waals surface area contributed by atoms with Gasteiger partial charge in [0.1, 0.15) is 0 Å². The van der Waals surface area contributed by atoms with Crippen molar-refractivity contribution in [2.45, 2.75) is 6.42 Å². The van der Waals surface area contributed by atoms with Crippen LogP contribution in [0.25, 0.3) is 0 Å². The highest BCUT2D eigenvalue weighted by atomic mass is 79.9. The van der Waals surface area contributed by atoms with Crippen LogP contribution in [0.3, 0.4) is 0 Å². The van der Waals surface area contributed by atoms with Crippen LogP contribution in [0.5, 0.6) is 0 Å². The van der Waals surface area contributed by atoms with Gasteiger partial charge < -0.3 is 0 Å². The predicted molar refractivity (Wildman–Crippen MR) is 71.5 cm³/mol. The second-order valence-electron chi connectivity index (χ2n) is 3.33. The lowest BCUT2D eigenvalue weighted by Gasteiger charge is -1.99. The number of rotatable bonds is 3. The van der Waals surface area contributed by atoms with Crippen LogP contribution < -0.4 is 0 Å². The van der Waals surface area contributed by atoms with Crippen LogP contribution in [0, 0.1) is 0 Å². The molecular formula is C12H8BrClOS. The van der Waals surface area contributed by atoms with E-state index in [0.29, 0.717) is 15.6 Å². The number of carbonyl (C=O) groups excluding carboxylic acids is 1. The van der Waals surface area contributed by atoms with Gasteiger partial charge in [0, 0.05) is 10.9 Å². The Bertz CT molecular complexity index is 504. The third kappa shape index (κ3) is 2.94. The topological polar surface area (TPSA) is 17.1 Å². The van der Waals surface area contributed by atoms with Crippen LogP contribution in [-0.4, -0.2) is 5.78 Å². The Kier molecular flexibility index (Phi) is 3.79. The number of thiophene rings is 1. The molecule has 0 saturated heterocycles. The van der Waals surface area contributed by atoms with Crippen molar-refractivity contribution < 1.29 is 4.79 Å². The lowest BCUT2D eigenvalue weighted by molar-refractivity contribution is 0.0997. The van der Waals surface area contributed by atoms with Gasteiger partial charge in [-0.25, -0.2) is 0 Å². The van der Waals surface area contributed by atoms with Crippen molar-refractivity contribution in [3.63, 3.8) is 0 Å². The van der Waals surface area contributed by atoms with E-state index in [1.165, 1.54) is 11.3 Å². The van der Waals surface area contributed by atoms with Gasteiger partial charge in [-0.1, -0.05) is 39.7 Å². The maximum Gasteiger partial charge on any atom is 0.177 e. The van der Waals surface area contributed by atoms with E-state index in [1.54, 1.807) is 12.1 Å². The molecule has 0 saturated carbocycles. The molecular weight excluding hydrogens is 308 g/mol. The lowest BCUT2D eigenvalue weighted by Crippen LogP contribution is -2.00. The zero-order chi connectivity index (χ0) is 11.5. The first-order valence-electron chi connectivity index (χ1n) is 4.68. The number of ketones is 1. The third-order valence-electron chi connectivity index (χ3n) is 2.13. The van der Waals surface area contributed by atoms with Crippen molar-refractivity contribution >= 4 is 44.7 Å². The van der Waals surface area contributed by atoms with Gasteiger partial charge in [0.05, 0.1) is 9.21 Å². The van der Waals surface area contributed by atoms with E-state index in [0.717, 1.165) is 10.0 Å². The van der Waals surface area contributed by atoms with Crippen LogP contribution >= 0.6 is 38.9 Å². The van der Waals surface area contributed by atoms with Gasteiger partial charge in [0.15, 0.2) is 5.78 Å². The van der Waals surface area contributed by atoms with Crippen molar-refractivity contribution in [2.24, 2.45) is 0 Å². The second kappa shape index (κ2) is 5.13. The molecule has 0 radical (unpaired) electrons. The van der Waals surface area contributed by atoms with Crippen molar-refractivity contribution in [1.29, 1.82) is 0 Å². The summed E-state index contributed by atoms with van der Waals surface area (Å²) in [5.41, 5.74) is 1.01. The second-order valence-corrected chi connectivity index (χ2v) is 5.96. The van der Waals surface area contributed by atoms with E-state index in [4.69, 9.17) is 11.6 Å². The maximum atomic E-state index is 11.9. The van der Waals surface area contributed by atoms with Crippen molar-refractivity contribution in [3.8, 4) is 0 Å². The largest absolute Gasteiger partial charge is 0.293 e. The fourth-order valence-electron chi connectivity index (χ4n) is 1.34. The number of carbonyl (C=O) groups is 1. The minimum Gasteiger partial charge on any atom is -0.293 e. The zero-order valence-corrected chi connectivity index (χ0v) is 11.4. The molecule has 0 bridgehead atoms. The molecule has 16 heavy (non-hydrogen) atoms. The molecule has 4 heteroatoms. The van der Waals surface area contributed by atoms with Gasteiger partial charge in [0.25, 0.3) is 0 Å². The van der Waals surface area contributed by atoms with Crippen LogP contribution in [0.1, 0.15) is 15.2 Å². The Morgan fingerprint density at radius 1 is 1.19 bits per heavy atom. The van der Waals surface area contributed by atoms with Crippen LogP contribution in [-0.2, 0) is 6.42 Å². The molecule has 0 aliphatic heterocycles. The molecule has 0 amide bonds.